The van der Waals surface area contributed by atoms with E-state index in [1.165, 1.54) is 12.1 Å². The fourth-order valence-electron chi connectivity index (χ4n) is 2.24. The summed E-state index contributed by atoms with van der Waals surface area (Å²) in [7, 11) is 0. The van der Waals surface area contributed by atoms with Crippen molar-refractivity contribution in [2.75, 3.05) is 18.5 Å². The molecule has 0 unspecified atom stereocenters. The first kappa shape index (κ1) is 16.8. The first-order valence-electron chi connectivity index (χ1n) is 8.09. The molecule has 0 fully saturated rings. The summed E-state index contributed by atoms with van der Waals surface area (Å²) in [6.07, 6.45) is 1.75. The van der Waals surface area contributed by atoms with Crippen LogP contribution in [-0.2, 0) is 6.54 Å². The third-order valence-corrected chi connectivity index (χ3v) is 3.54. The predicted octanol–water partition coefficient (Wildman–Crippen LogP) is 4.15. The highest BCUT2D eigenvalue weighted by molar-refractivity contribution is 5.36. The Morgan fingerprint density at radius 2 is 1.76 bits per heavy atom. The largest absolute Gasteiger partial charge is 0.492 e. The lowest BCUT2D eigenvalue weighted by Gasteiger charge is -2.09. The predicted molar refractivity (Wildman–Crippen MR) is 96.6 cm³/mol. The molecular formula is C20H19FN3O. The molecule has 0 amide bonds. The van der Waals surface area contributed by atoms with Crippen molar-refractivity contribution in [1.82, 2.24) is 10.3 Å². The summed E-state index contributed by atoms with van der Waals surface area (Å²) in [6, 6.07) is 19.7. The minimum absolute atomic E-state index is 0.252. The average Bonchev–Trinajstić information content (AvgIpc) is 2.67. The van der Waals surface area contributed by atoms with E-state index in [9.17, 15) is 4.39 Å². The maximum Gasteiger partial charge on any atom is 0.125 e. The number of benzene rings is 2. The molecule has 0 saturated carbocycles. The zero-order valence-corrected chi connectivity index (χ0v) is 13.7. The van der Waals surface area contributed by atoms with Crippen LogP contribution in [0.2, 0.25) is 0 Å². The van der Waals surface area contributed by atoms with E-state index < -0.39 is 0 Å². The third-order valence-electron chi connectivity index (χ3n) is 3.54. The highest BCUT2D eigenvalue weighted by Gasteiger charge is 1.99. The van der Waals surface area contributed by atoms with E-state index in [0.717, 1.165) is 22.8 Å². The van der Waals surface area contributed by atoms with Crippen molar-refractivity contribution < 1.29 is 9.13 Å². The second-order valence-electron chi connectivity index (χ2n) is 5.43. The van der Waals surface area contributed by atoms with E-state index in [2.05, 4.69) is 15.6 Å². The Balaban J connectivity index is 1.40. The van der Waals surface area contributed by atoms with E-state index in [1.807, 2.05) is 42.5 Å². The van der Waals surface area contributed by atoms with Gasteiger partial charge in [-0.25, -0.2) is 9.37 Å². The highest BCUT2D eigenvalue weighted by Crippen LogP contribution is 2.15. The average molecular weight is 336 g/mol. The molecule has 3 rings (SSSR count). The summed E-state index contributed by atoms with van der Waals surface area (Å²) in [5, 5.41) is 7.62. The molecule has 1 N–H and O–H groups in total. The van der Waals surface area contributed by atoms with E-state index in [-0.39, 0.29) is 5.82 Å². The van der Waals surface area contributed by atoms with E-state index in [4.69, 9.17) is 4.74 Å². The lowest BCUT2D eigenvalue weighted by Crippen LogP contribution is -2.12. The van der Waals surface area contributed by atoms with Crippen LogP contribution in [-0.4, -0.2) is 18.1 Å². The zero-order valence-electron chi connectivity index (χ0n) is 13.7. The number of ether oxygens (including phenoxy) is 1. The first-order chi connectivity index (χ1) is 12.3. The van der Waals surface area contributed by atoms with Crippen molar-refractivity contribution in [3.63, 3.8) is 0 Å². The van der Waals surface area contributed by atoms with Crippen molar-refractivity contribution >= 4 is 11.5 Å². The standard InChI is InChI=1S/C20H19FN3O/c21-17-6-8-18(9-7-17)24-15-16-4-10-19(11-5-16)25-14-13-23-20-3-1-2-12-22-20/h1-12H,13-15H2,(H,22,23). The molecule has 0 aliphatic rings. The van der Waals surface area contributed by atoms with Gasteiger partial charge in [0, 0.05) is 6.20 Å². The van der Waals surface area contributed by atoms with Gasteiger partial charge in [0.1, 0.15) is 24.0 Å². The minimum Gasteiger partial charge on any atom is -0.492 e. The summed E-state index contributed by atoms with van der Waals surface area (Å²) in [5.74, 6) is 1.40. The van der Waals surface area contributed by atoms with Gasteiger partial charge in [0.25, 0.3) is 0 Å². The minimum atomic E-state index is -0.252. The Kier molecular flexibility index (Phi) is 5.82. The summed E-state index contributed by atoms with van der Waals surface area (Å²) < 4.78 is 18.6. The van der Waals surface area contributed by atoms with Gasteiger partial charge >= 0.3 is 0 Å². The Labute approximate surface area is 146 Å². The normalized spacial score (nSPS) is 10.3. The van der Waals surface area contributed by atoms with Crippen LogP contribution in [0.5, 0.6) is 5.75 Å². The molecule has 25 heavy (non-hydrogen) atoms. The van der Waals surface area contributed by atoms with Gasteiger partial charge in [-0.1, -0.05) is 18.2 Å². The molecule has 0 saturated heterocycles. The van der Waals surface area contributed by atoms with Crippen molar-refractivity contribution in [2.45, 2.75) is 6.54 Å². The molecular weight excluding hydrogens is 317 g/mol. The number of pyridine rings is 1. The number of nitrogens with one attached hydrogen (secondary N) is 1. The second kappa shape index (κ2) is 8.68. The molecule has 1 radical (unpaired) electrons. The van der Waals surface area contributed by atoms with Crippen LogP contribution >= 0.6 is 0 Å². The molecule has 1 aromatic heterocycles. The monoisotopic (exact) mass is 336 g/mol. The number of rotatable bonds is 8. The lowest BCUT2D eigenvalue weighted by molar-refractivity contribution is 0.332. The van der Waals surface area contributed by atoms with Crippen molar-refractivity contribution in [3.8, 4) is 5.75 Å². The molecule has 5 heteroatoms. The van der Waals surface area contributed by atoms with Gasteiger partial charge < -0.3 is 10.1 Å². The molecule has 3 aromatic rings. The highest BCUT2D eigenvalue weighted by atomic mass is 19.1. The van der Waals surface area contributed by atoms with Crippen LogP contribution < -0.4 is 15.4 Å². The van der Waals surface area contributed by atoms with Gasteiger partial charge in [-0.15, -0.1) is 0 Å². The van der Waals surface area contributed by atoms with Crippen molar-refractivity contribution in [3.05, 3.63) is 84.3 Å². The van der Waals surface area contributed by atoms with Gasteiger partial charge in [0.15, 0.2) is 0 Å². The summed E-state index contributed by atoms with van der Waals surface area (Å²) >= 11 is 0. The number of halogens is 1. The van der Waals surface area contributed by atoms with E-state index in [0.29, 0.717) is 19.7 Å². The number of hydrogen-bond donors (Lipinski definition) is 1. The first-order valence-corrected chi connectivity index (χ1v) is 8.09. The Bertz CT molecular complexity index is 761. The number of aromatic nitrogens is 1. The fourth-order valence-corrected chi connectivity index (χ4v) is 2.24. The van der Waals surface area contributed by atoms with Gasteiger partial charge in [-0.2, -0.15) is 0 Å². The van der Waals surface area contributed by atoms with Crippen LogP contribution in [0.3, 0.4) is 0 Å². The van der Waals surface area contributed by atoms with E-state index >= 15 is 0 Å². The Morgan fingerprint density at radius 3 is 2.48 bits per heavy atom. The molecule has 0 atom stereocenters. The van der Waals surface area contributed by atoms with E-state index in [1.54, 1.807) is 18.3 Å². The van der Waals surface area contributed by atoms with Gasteiger partial charge in [-0.3, -0.25) is 5.32 Å². The Morgan fingerprint density at radius 1 is 0.960 bits per heavy atom. The van der Waals surface area contributed by atoms with Gasteiger partial charge in [0.2, 0.25) is 0 Å². The van der Waals surface area contributed by atoms with Crippen molar-refractivity contribution in [1.29, 1.82) is 0 Å². The number of anilines is 1. The van der Waals surface area contributed by atoms with Gasteiger partial charge in [0.05, 0.1) is 18.8 Å². The molecule has 0 spiro atoms. The number of hydrogen-bond acceptors (Lipinski definition) is 3. The zero-order chi connectivity index (χ0) is 17.3. The SMILES string of the molecule is Fc1ccc([N]Cc2ccc(OCCNc3ccccn3)cc2)cc1. The fraction of sp³-hybridized carbons (Fsp3) is 0.150. The molecule has 4 nitrogen and oxygen atoms in total. The summed E-state index contributed by atoms with van der Waals surface area (Å²) in [6.45, 7) is 1.78. The van der Waals surface area contributed by atoms with Crippen molar-refractivity contribution in [2.24, 2.45) is 0 Å². The molecule has 0 aliphatic carbocycles. The Hall–Kier alpha value is -3.08. The smallest absolute Gasteiger partial charge is 0.125 e. The molecule has 1 heterocycles. The molecule has 0 bridgehead atoms. The topological polar surface area (TPSA) is 48.2 Å². The quantitative estimate of drug-likeness (QED) is 0.629. The van der Waals surface area contributed by atoms with Crippen LogP contribution in [0.4, 0.5) is 15.9 Å². The van der Waals surface area contributed by atoms with Crippen LogP contribution in [0.25, 0.3) is 0 Å². The molecule has 127 valence electrons. The summed E-state index contributed by atoms with van der Waals surface area (Å²) in [4.78, 5) is 4.19. The number of nitrogens with zero attached hydrogens (tertiary/aromatic N) is 2. The molecule has 2 aromatic carbocycles. The van der Waals surface area contributed by atoms with Crippen LogP contribution in [0, 0.1) is 5.82 Å². The third kappa shape index (κ3) is 5.49. The summed E-state index contributed by atoms with van der Waals surface area (Å²) in [5.41, 5.74) is 1.84. The maximum atomic E-state index is 12.9. The maximum absolute atomic E-state index is 12.9. The van der Waals surface area contributed by atoms with Crippen LogP contribution in [0.1, 0.15) is 5.56 Å². The van der Waals surface area contributed by atoms with Gasteiger partial charge in [-0.05, 0) is 54.1 Å². The second-order valence-corrected chi connectivity index (χ2v) is 5.43. The molecule has 0 aliphatic heterocycles. The van der Waals surface area contributed by atoms with Crippen LogP contribution in [0.15, 0.2) is 72.9 Å². The lowest BCUT2D eigenvalue weighted by atomic mass is 10.2.